The van der Waals surface area contributed by atoms with Crippen LogP contribution in [-0.4, -0.2) is 96.7 Å². The molecule has 1 amide bonds. The van der Waals surface area contributed by atoms with Gasteiger partial charge in [-0.1, -0.05) is 12.1 Å². The Morgan fingerprint density at radius 1 is 1.17 bits per heavy atom. The van der Waals surface area contributed by atoms with Crippen LogP contribution in [0.4, 0.5) is 21.3 Å². The standard InChI is InChI=1S/C33H47N9O4S/c1-7-39-11-13-40(14-12-39)26-18-22(41-15-16-42(21(2)20-41)31(44)45-32(3,4)5)17-24(37-26)28(35)38-46-30(43)33(6)10-8-9-25-27(33)23(19-34)29(36)47-25/h17-18,21H,7-16,20,36H2,1-6H3,(H2,35,38). The number of oxime groups is 1. The van der Waals surface area contributed by atoms with E-state index in [0.29, 0.717) is 47.9 Å². The molecule has 254 valence electrons. The van der Waals surface area contributed by atoms with Crippen molar-refractivity contribution in [3.05, 3.63) is 33.8 Å². The first-order valence-corrected chi connectivity index (χ1v) is 17.2. The van der Waals surface area contributed by atoms with Crippen molar-refractivity contribution >= 4 is 45.7 Å². The number of rotatable bonds is 6. The maximum Gasteiger partial charge on any atom is 0.410 e. The molecule has 0 radical (unpaired) electrons. The number of hydrogen-bond donors (Lipinski definition) is 2. The number of amidine groups is 1. The number of aryl methyl sites for hydroxylation is 1. The molecule has 0 bridgehead atoms. The number of amides is 1. The lowest BCUT2D eigenvalue weighted by atomic mass is 9.72. The van der Waals surface area contributed by atoms with E-state index in [2.05, 4.69) is 38.9 Å². The number of nitrogen functional groups attached to an aromatic ring is 1. The predicted molar refractivity (Wildman–Crippen MR) is 184 cm³/mol. The van der Waals surface area contributed by atoms with Gasteiger partial charge in [0.05, 0.1) is 11.0 Å². The molecule has 2 aromatic rings. The van der Waals surface area contributed by atoms with E-state index in [9.17, 15) is 14.9 Å². The summed E-state index contributed by atoms with van der Waals surface area (Å²) in [6.45, 7) is 17.7. The number of nitriles is 1. The molecule has 14 heteroatoms. The third-order valence-corrected chi connectivity index (χ3v) is 10.3. The quantitative estimate of drug-likeness (QED) is 0.200. The first-order chi connectivity index (χ1) is 22.2. The normalized spacial score (nSPS) is 22.4. The van der Waals surface area contributed by atoms with Gasteiger partial charge in [0, 0.05) is 74.0 Å². The van der Waals surface area contributed by atoms with Crippen LogP contribution in [0.2, 0.25) is 0 Å². The van der Waals surface area contributed by atoms with Crippen LogP contribution in [-0.2, 0) is 26.2 Å². The maximum absolute atomic E-state index is 13.6. The summed E-state index contributed by atoms with van der Waals surface area (Å²) in [5, 5.41) is 14.3. The Morgan fingerprint density at radius 2 is 1.87 bits per heavy atom. The molecular formula is C33H47N9O4S. The van der Waals surface area contributed by atoms with Gasteiger partial charge in [-0.25, -0.2) is 14.6 Å². The SMILES string of the molecule is CCN1CCN(c2cc(N3CCN(C(=O)OC(C)(C)C)C(C)C3)cc(/C(N)=N/OC(=O)C3(C)CCCc4sc(N)c(C#N)c43)n2)CC1. The lowest BCUT2D eigenvalue weighted by Crippen LogP contribution is -2.55. The number of fused-ring (bicyclic) bond motifs is 1. The number of ether oxygens (including phenoxy) is 1. The largest absolute Gasteiger partial charge is 0.444 e. The van der Waals surface area contributed by atoms with Crippen molar-refractivity contribution in [1.29, 1.82) is 5.26 Å². The summed E-state index contributed by atoms with van der Waals surface area (Å²) in [5.41, 5.74) is 13.2. The maximum atomic E-state index is 13.6. The highest BCUT2D eigenvalue weighted by atomic mass is 32.1. The molecule has 2 aliphatic heterocycles. The summed E-state index contributed by atoms with van der Waals surface area (Å²) in [6, 6.07) is 5.98. The van der Waals surface area contributed by atoms with Crippen molar-refractivity contribution in [2.45, 2.75) is 77.9 Å². The molecule has 2 unspecified atom stereocenters. The molecule has 4 N–H and O–H groups in total. The molecule has 2 saturated heterocycles. The van der Waals surface area contributed by atoms with Crippen molar-refractivity contribution in [2.75, 3.05) is 67.9 Å². The molecule has 4 heterocycles. The summed E-state index contributed by atoms with van der Waals surface area (Å²) >= 11 is 1.35. The summed E-state index contributed by atoms with van der Waals surface area (Å²) in [4.78, 5) is 46.3. The third-order valence-electron chi connectivity index (χ3n) is 9.25. The zero-order valence-electron chi connectivity index (χ0n) is 28.3. The Morgan fingerprint density at radius 3 is 2.51 bits per heavy atom. The van der Waals surface area contributed by atoms with E-state index in [1.165, 1.54) is 11.3 Å². The van der Waals surface area contributed by atoms with Crippen LogP contribution in [0.3, 0.4) is 0 Å². The molecule has 0 aromatic carbocycles. The monoisotopic (exact) mass is 665 g/mol. The molecular weight excluding hydrogens is 618 g/mol. The third kappa shape index (κ3) is 7.26. The van der Waals surface area contributed by atoms with Gasteiger partial charge in [-0.3, -0.25) is 0 Å². The Balaban J connectivity index is 1.40. The van der Waals surface area contributed by atoms with Gasteiger partial charge in [-0.05, 0) is 66.5 Å². The van der Waals surface area contributed by atoms with Gasteiger partial charge in [0.2, 0.25) is 0 Å². The number of hydrogen-bond acceptors (Lipinski definition) is 12. The average molecular weight is 666 g/mol. The van der Waals surface area contributed by atoms with Crippen molar-refractivity contribution in [2.24, 2.45) is 10.9 Å². The van der Waals surface area contributed by atoms with Gasteiger partial charge in [-0.2, -0.15) is 5.26 Å². The zero-order chi connectivity index (χ0) is 34.1. The van der Waals surface area contributed by atoms with Crippen molar-refractivity contribution in [3.8, 4) is 6.07 Å². The highest BCUT2D eigenvalue weighted by Gasteiger charge is 2.45. The van der Waals surface area contributed by atoms with Crippen LogP contribution in [0.5, 0.6) is 0 Å². The second-order valence-corrected chi connectivity index (χ2v) is 14.9. The summed E-state index contributed by atoms with van der Waals surface area (Å²) < 4.78 is 5.64. The molecule has 2 fully saturated rings. The van der Waals surface area contributed by atoms with Crippen LogP contribution < -0.4 is 21.3 Å². The first kappa shape index (κ1) is 34.3. The fourth-order valence-electron chi connectivity index (χ4n) is 6.59. The minimum absolute atomic E-state index is 0.0287. The van der Waals surface area contributed by atoms with Crippen LogP contribution in [0, 0.1) is 11.3 Å². The molecule has 1 aliphatic carbocycles. The van der Waals surface area contributed by atoms with Crippen LogP contribution in [0.15, 0.2) is 17.3 Å². The van der Waals surface area contributed by atoms with Crippen LogP contribution in [0.25, 0.3) is 0 Å². The molecule has 5 rings (SSSR count). The number of carbonyl (C=O) groups excluding carboxylic acids is 2. The number of anilines is 3. The van der Waals surface area contributed by atoms with E-state index in [0.717, 1.165) is 61.9 Å². The van der Waals surface area contributed by atoms with Crippen molar-refractivity contribution in [1.82, 2.24) is 14.8 Å². The lowest BCUT2D eigenvalue weighted by molar-refractivity contribution is -0.150. The van der Waals surface area contributed by atoms with Gasteiger partial charge < -0.3 is 40.6 Å². The fourth-order valence-corrected chi connectivity index (χ4v) is 7.78. The van der Waals surface area contributed by atoms with Gasteiger partial charge >= 0.3 is 12.1 Å². The molecule has 3 aliphatic rings. The van der Waals surface area contributed by atoms with E-state index in [-0.39, 0.29) is 18.0 Å². The minimum atomic E-state index is -1.07. The van der Waals surface area contributed by atoms with E-state index < -0.39 is 17.0 Å². The minimum Gasteiger partial charge on any atom is -0.444 e. The molecule has 2 aromatic heterocycles. The smallest absolute Gasteiger partial charge is 0.410 e. The average Bonchev–Trinajstić information content (AvgIpc) is 3.38. The van der Waals surface area contributed by atoms with Gasteiger partial charge in [0.1, 0.15) is 28.2 Å². The summed E-state index contributed by atoms with van der Waals surface area (Å²) in [7, 11) is 0. The highest BCUT2D eigenvalue weighted by Crippen LogP contribution is 2.46. The van der Waals surface area contributed by atoms with Gasteiger partial charge in [0.15, 0.2) is 5.84 Å². The van der Waals surface area contributed by atoms with E-state index in [1.54, 1.807) is 11.8 Å². The number of carbonyl (C=O) groups is 2. The first-order valence-electron chi connectivity index (χ1n) is 16.3. The fraction of sp³-hybridized carbons (Fsp3) is 0.606. The van der Waals surface area contributed by atoms with Gasteiger partial charge in [-0.15, -0.1) is 11.3 Å². The Hall–Kier alpha value is -4.09. The second kappa shape index (κ2) is 13.6. The summed E-state index contributed by atoms with van der Waals surface area (Å²) in [5.74, 6) is 0.144. The molecule has 0 spiro atoms. The lowest BCUT2D eigenvalue weighted by Gasteiger charge is -2.41. The Bertz CT molecular complexity index is 1570. The molecule has 0 saturated carbocycles. The number of aromatic nitrogens is 1. The molecule has 2 atom stereocenters. The number of pyridine rings is 1. The van der Waals surface area contributed by atoms with Crippen molar-refractivity contribution in [3.63, 3.8) is 0 Å². The number of thiophene rings is 1. The second-order valence-electron chi connectivity index (χ2n) is 13.8. The van der Waals surface area contributed by atoms with E-state index in [4.69, 9.17) is 26.0 Å². The zero-order valence-corrected chi connectivity index (χ0v) is 29.2. The molecule has 13 nitrogen and oxygen atoms in total. The highest BCUT2D eigenvalue weighted by molar-refractivity contribution is 7.16. The Labute approximate surface area is 281 Å². The van der Waals surface area contributed by atoms with Gasteiger partial charge in [0.25, 0.3) is 0 Å². The van der Waals surface area contributed by atoms with Crippen LogP contribution in [0.1, 0.15) is 76.1 Å². The van der Waals surface area contributed by atoms with E-state index in [1.807, 2.05) is 33.8 Å². The Kier molecular flexibility index (Phi) is 9.88. The predicted octanol–water partition coefficient (Wildman–Crippen LogP) is 3.64. The summed E-state index contributed by atoms with van der Waals surface area (Å²) in [6.07, 6.45) is 1.71. The number of piperazine rings is 2. The van der Waals surface area contributed by atoms with E-state index >= 15 is 0 Å². The number of likely N-dealkylation sites (N-methyl/N-ethyl adjacent to an activating group) is 1. The number of nitrogens with zero attached hydrogens (tertiary/aromatic N) is 7. The van der Waals surface area contributed by atoms with Crippen LogP contribution >= 0.6 is 11.3 Å². The molecule has 47 heavy (non-hydrogen) atoms. The number of nitrogens with two attached hydrogens (primary N) is 2. The topological polar surface area (TPSA) is 167 Å². The van der Waals surface area contributed by atoms with Crippen molar-refractivity contribution < 1.29 is 19.2 Å².